The van der Waals surface area contributed by atoms with Gasteiger partial charge in [0.25, 0.3) is 11.2 Å². The highest BCUT2D eigenvalue weighted by Gasteiger charge is 2.35. The van der Waals surface area contributed by atoms with Crippen molar-refractivity contribution < 1.29 is 19.2 Å². The zero-order chi connectivity index (χ0) is 22.1. The molecule has 162 valence electrons. The minimum Gasteiger partial charge on any atom is -0.378 e. The average molecular weight is 428 g/mol. The highest BCUT2D eigenvalue weighted by atomic mass is 16.6. The lowest BCUT2D eigenvalue weighted by molar-refractivity contribution is -0.384. The third-order valence-corrected chi connectivity index (χ3v) is 5.26. The van der Waals surface area contributed by atoms with Crippen molar-refractivity contribution in [2.75, 3.05) is 41.8 Å². The maximum Gasteiger partial charge on any atom is 0.271 e. The lowest BCUT2D eigenvalue weighted by atomic mass is 9.92. The standard InChI is InChI=1S/C19H20N6O6/c1-10-2-3-11(25(29)30)8-13(10)20-17(27)12-9-14(26)21-16-15(12)18(28)23-19(22-16)24-4-6-31-7-5-24/h2-3,8,12H,4-7,9H2,1H3,(H,20,27)(H2,21,22,23,26,28)/t12-/m1/s1. The summed E-state index contributed by atoms with van der Waals surface area (Å²) in [5, 5.41) is 16.2. The van der Waals surface area contributed by atoms with E-state index in [1.165, 1.54) is 18.2 Å². The molecule has 31 heavy (non-hydrogen) atoms. The molecule has 4 rings (SSSR count). The molecular weight excluding hydrogens is 408 g/mol. The van der Waals surface area contributed by atoms with Gasteiger partial charge in [0.1, 0.15) is 5.82 Å². The topological polar surface area (TPSA) is 160 Å². The number of rotatable bonds is 4. The molecule has 1 aromatic heterocycles. The summed E-state index contributed by atoms with van der Waals surface area (Å²) in [6.07, 6.45) is -0.242. The number of nitrogens with zero attached hydrogens (tertiary/aromatic N) is 3. The lowest BCUT2D eigenvalue weighted by Crippen LogP contribution is -2.41. The van der Waals surface area contributed by atoms with Crippen molar-refractivity contribution in [1.82, 2.24) is 9.97 Å². The van der Waals surface area contributed by atoms with Gasteiger partial charge in [-0.2, -0.15) is 4.98 Å². The maximum absolute atomic E-state index is 13.0. The smallest absolute Gasteiger partial charge is 0.271 e. The number of nitro benzene ring substituents is 1. The van der Waals surface area contributed by atoms with Gasteiger partial charge in [-0.1, -0.05) is 6.07 Å². The Kier molecular flexibility index (Phi) is 5.38. The van der Waals surface area contributed by atoms with E-state index in [1.807, 2.05) is 4.90 Å². The Hall–Kier alpha value is -3.80. The number of amides is 2. The van der Waals surface area contributed by atoms with Gasteiger partial charge in [0.2, 0.25) is 17.8 Å². The molecule has 2 aromatic rings. The number of H-pyrrole nitrogens is 1. The van der Waals surface area contributed by atoms with Gasteiger partial charge in [0.15, 0.2) is 0 Å². The largest absolute Gasteiger partial charge is 0.378 e. The van der Waals surface area contributed by atoms with Crippen molar-refractivity contribution in [3.63, 3.8) is 0 Å². The van der Waals surface area contributed by atoms with Crippen LogP contribution in [0.1, 0.15) is 23.5 Å². The first-order valence-corrected chi connectivity index (χ1v) is 9.66. The summed E-state index contributed by atoms with van der Waals surface area (Å²) >= 11 is 0. The van der Waals surface area contributed by atoms with Gasteiger partial charge in [0, 0.05) is 31.6 Å². The Morgan fingerprint density at radius 2 is 2.06 bits per heavy atom. The van der Waals surface area contributed by atoms with E-state index < -0.39 is 28.2 Å². The number of hydrogen-bond acceptors (Lipinski definition) is 8. The number of carbonyl (C=O) groups excluding carboxylic acids is 2. The molecule has 1 saturated heterocycles. The van der Waals surface area contributed by atoms with Gasteiger partial charge in [0.05, 0.1) is 35.3 Å². The van der Waals surface area contributed by atoms with Crippen molar-refractivity contribution in [1.29, 1.82) is 0 Å². The molecule has 0 spiro atoms. The SMILES string of the molecule is Cc1ccc([N+](=O)[O-])cc1NC(=O)[C@@H]1CC(=O)Nc2nc(N3CCOCC3)[nH]c(=O)c21. The van der Waals surface area contributed by atoms with Gasteiger partial charge in [-0.15, -0.1) is 0 Å². The molecule has 12 nitrogen and oxygen atoms in total. The van der Waals surface area contributed by atoms with E-state index in [-0.39, 0.29) is 29.2 Å². The number of aromatic nitrogens is 2. The first-order valence-electron chi connectivity index (χ1n) is 9.66. The van der Waals surface area contributed by atoms with Crippen molar-refractivity contribution in [3.8, 4) is 0 Å². The summed E-state index contributed by atoms with van der Waals surface area (Å²) < 4.78 is 5.29. The van der Waals surface area contributed by atoms with Gasteiger partial charge in [-0.25, -0.2) is 0 Å². The van der Waals surface area contributed by atoms with Crippen LogP contribution in [0.25, 0.3) is 0 Å². The van der Waals surface area contributed by atoms with E-state index >= 15 is 0 Å². The summed E-state index contributed by atoms with van der Waals surface area (Å²) in [4.78, 5) is 57.4. The Labute approximate surface area is 175 Å². The third-order valence-electron chi connectivity index (χ3n) is 5.26. The number of nitro groups is 1. The number of aromatic amines is 1. The van der Waals surface area contributed by atoms with Crippen LogP contribution in [0.15, 0.2) is 23.0 Å². The molecule has 3 N–H and O–H groups in total. The monoisotopic (exact) mass is 428 g/mol. The molecule has 0 bridgehead atoms. The van der Waals surface area contributed by atoms with Crippen LogP contribution in [0, 0.1) is 17.0 Å². The molecule has 1 atom stereocenters. The highest BCUT2D eigenvalue weighted by molar-refractivity contribution is 6.04. The van der Waals surface area contributed by atoms with Crippen LogP contribution in [0.4, 0.5) is 23.1 Å². The minimum absolute atomic E-state index is 0.0393. The number of fused-ring (bicyclic) bond motifs is 1. The first kappa shape index (κ1) is 20.5. The molecule has 0 unspecified atom stereocenters. The van der Waals surface area contributed by atoms with Crippen LogP contribution < -0.4 is 21.1 Å². The normalized spacial score (nSPS) is 18.2. The molecule has 2 aliphatic heterocycles. The number of non-ortho nitro benzene ring substituents is 1. The van der Waals surface area contributed by atoms with Crippen molar-refractivity contribution in [2.45, 2.75) is 19.3 Å². The number of anilines is 3. The van der Waals surface area contributed by atoms with Gasteiger partial charge in [-0.05, 0) is 12.5 Å². The van der Waals surface area contributed by atoms with Crippen LogP contribution in [-0.4, -0.2) is 53.0 Å². The first-order chi connectivity index (χ1) is 14.8. The molecule has 1 fully saturated rings. The number of hydrogen-bond donors (Lipinski definition) is 3. The fourth-order valence-corrected chi connectivity index (χ4v) is 3.59. The summed E-state index contributed by atoms with van der Waals surface area (Å²) in [6, 6.07) is 4.08. The van der Waals surface area contributed by atoms with E-state index in [0.29, 0.717) is 37.8 Å². The molecule has 1 aromatic carbocycles. The summed E-state index contributed by atoms with van der Waals surface area (Å²) in [5.41, 5.74) is 0.187. The van der Waals surface area contributed by atoms with Crippen LogP contribution in [0.2, 0.25) is 0 Å². The van der Waals surface area contributed by atoms with Gasteiger partial charge < -0.3 is 20.3 Å². The van der Waals surface area contributed by atoms with Gasteiger partial charge in [-0.3, -0.25) is 29.5 Å². The van der Waals surface area contributed by atoms with Crippen molar-refractivity contribution >= 4 is 35.0 Å². The number of morpholine rings is 1. The quantitative estimate of drug-likeness (QED) is 0.478. The Morgan fingerprint density at radius 3 is 2.77 bits per heavy atom. The van der Waals surface area contributed by atoms with Crippen LogP contribution in [0.3, 0.4) is 0 Å². The van der Waals surface area contributed by atoms with Crippen LogP contribution >= 0.6 is 0 Å². The Balaban J connectivity index is 1.65. The maximum atomic E-state index is 13.0. The van der Waals surface area contributed by atoms with E-state index in [2.05, 4.69) is 20.6 Å². The number of aryl methyl sites for hydroxylation is 1. The second-order valence-electron chi connectivity index (χ2n) is 7.30. The summed E-state index contributed by atoms with van der Waals surface area (Å²) in [6.45, 7) is 3.72. The minimum atomic E-state index is -1.09. The summed E-state index contributed by atoms with van der Waals surface area (Å²) in [5.74, 6) is -1.82. The van der Waals surface area contributed by atoms with Crippen LogP contribution in [0.5, 0.6) is 0 Å². The number of carbonyl (C=O) groups is 2. The Morgan fingerprint density at radius 1 is 1.32 bits per heavy atom. The molecule has 12 heteroatoms. The van der Waals surface area contributed by atoms with Crippen molar-refractivity contribution in [3.05, 3.63) is 49.8 Å². The molecular formula is C19H20N6O6. The zero-order valence-electron chi connectivity index (χ0n) is 16.6. The van der Waals surface area contributed by atoms with E-state index in [4.69, 9.17) is 4.74 Å². The lowest BCUT2D eigenvalue weighted by Gasteiger charge is -2.29. The fraction of sp³-hybridized carbons (Fsp3) is 0.368. The average Bonchev–Trinajstić information content (AvgIpc) is 2.74. The molecule has 0 aliphatic carbocycles. The predicted octanol–water partition coefficient (Wildman–Crippen LogP) is 0.888. The molecule has 3 heterocycles. The zero-order valence-corrected chi connectivity index (χ0v) is 16.6. The van der Waals surface area contributed by atoms with Crippen LogP contribution in [-0.2, 0) is 14.3 Å². The molecule has 0 saturated carbocycles. The molecule has 0 radical (unpaired) electrons. The molecule has 2 amide bonds. The Bertz CT molecular complexity index is 1120. The van der Waals surface area contributed by atoms with Crippen molar-refractivity contribution in [2.24, 2.45) is 0 Å². The second-order valence-corrected chi connectivity index (χ2v) is 7.30. The predicted molar refractivity (Wildman–Crippen MR) is 110 cm³/mol. The van der Waals surface area contributed by atoms with E-state index in [9.17, 15) is 24.5 Å². The second kappa shape index (κ2) is 8.14. The van der Waals surface area contributed by atoms with E-state index in [1.54, 1.807) is 6.92 Å². The van der Waals surface area contributed by atoms with E-state index in [0.717, 1.165) is 0 Å². The van der Waals surface area contributed by atoms with Gasteiger partial charge >= 0.3 is 0 Å². The summed E-state index contributed by atoms with van der Waals surface area (Å²) in [7, 11) is 0. The highest BCUT2D eigenvalue weighted by Crippen LogP contribution is 2.31. The molecule has 2 aliphatic rings. The number of nitrogens with one attached hydrogen (secondary N) is 3. The number of ether oxygens (including phenoxy) is 1. The third kappa shape index (κ3) is 4.10. The fourth-order valence-electron chi connectivity index (χ4n) is 3.59. The number of benzene rings is 1.